The lowest BCUT2D eigenvalue weighted by Crippen LogP contribution is -2.15. The number of fused-ring (bicyclic) bond motifs is 3. The molecule has 2 heterocycles. The van der Waals surface area contributed by atoms with Crippen molar-refractivity contribution in [2.45, 2.75) is 53.1 Å². The van der Waals surface area contributed by atoms with Gasteiger partial charge < -0.3 is 9.14 Å². The van der Waals surface area contributed by atoms with Gasteiger partial charge in [-0.3, -0.25) is 0 Å². The van der Waals surface area contributed by atoms with Crippen molar-refractivity contribution in [2.75, 3.05) is 0 Å². The van der Waals surface area contributed by atoms with Gasteiger partial charge in [-0.15, -0.1) is 0 Å². The van der Waals surface area contributed by atoms with Crippen LogP contribution < -0.4 is 0 Å². The number of carbonyl (C=O) groups is 1. The predicted molar refractivity (Wildman–Crippen MR) is 96.6 cm³/mol. The third kappa shape index (κ3) is 2.99. The first kappa shape index (κ1) is 17.4. The number of nitrogens with zero attached hydrogens (tertiary/aromatic N) is 2. The minimum Gasteiger partial charge on any atom is -0.459 e. The molecule has 0 fully saturated rings. The van der Waals surface area contributed by atoms with Gasteiger partial charge in [-0.2, -0.15) is 0 Å². The lowest BCUT2D eigenvalue weighted by molar-refractivity contribution is 0.0379. The molecule has 0 aliphatic heterocycles. The Morgan fingerprint density at radius 3 is 2.52 bits per heavy atom. The number of ether oxygens (including phenoxy) is 1. The Hall–Kier alpha value is -2.43. The molecule has 0 saturated carbocycles. The molecule has 0 saturated heterocycles. The lowest BCUT2D eigenvalue weighted by Gasteiger charge is -2.14. The number of imidazole rings is 1. The van der Waals surface area contributed by atoms with E-state index in [-0.39, 0.29) is 11.5 Å². The van der Waals surface area contributed by atoms with E-state index in [0.717, 1.165) is 16.7 Å². The van der Waals surface area contributed by atoms with Crippen LogP contribution in [0.5, 0.6) is 0 Å². The Kier molecular flexibility index (Phi) is 4.06. The number of pyridine rings is 1. The lowest BCUT2D eigenvalue weighted by atomic mass is 9.93. The molecule has 0 bridgehead atoms. The van der Waals surface area contributed by atoms with E-state index in [4.69, 9.17) is 9.72 Å². The molecule has 0 aliphatic carbocycles. The average Bonchev–Trinajstić information content (AvgIpc) is 2.92. The second-order valence-corrected chi connectivity index (χ2v) is 7.67. The van der Waals surface area contributed by atoms with Crippen molar-refractivity contribution in [3.05, 3.63) is 47.2 Å². The van der Waals surface area contributed by atoms with Gasteiger partial charge in [-0.1, -0.05) is 20.8 Å². The van der Waals surface area contributed by atoms with Crippen molar-refractivity contribution in [3.8, 4) is 0 Å². The molecule has 0 aliphatic rings. The summed E-state index contributed by atoms with van der Waals surface area (Å²) in [6.07, 6.45) is 1.69. The second-order valence-electron chi connectivity index (χ2n) is 7.67. The molecular weight excluding hydrogens is 319 g/mol. The van der Waals surface area contributed by atoms with Crippen molar-refractivity contribution in [3.63, 3.8) is 0 Å². The van der Waals surface area contributed by atoms with Gasteiger partial charge in [0.25, 0.3) is 0 Å². The predicted octanol–water partition coefficient (Wildman–Crippen LogP) is 4.80. The molecule has 3 aromatic rings. The van der Waals surface area contributed by atoms with Crippen molar-refractivity contribution in [1.29, 1.82) is 0 Å². The van der Waals surface area contributed by atoms with Gasteiger partial charge in [0.1, 0.15) is 11.5 Å². The van der Waals surface area contributed by atoms with Crippen LogP contribution in [0.25, 0.3) is 16.4 Å². The van der Waals surface area contributed by atoms with Gasteiger partial charge in [-0.25, -0.2) is 14.2 Å². The summed E-state index contributed by atoms with van der Waals surface area (Å²) in [4.78, 5) is 17.4. The van der Waals surface area contributed by atoms with Crippen LogP contribution in [0.3, 0.4) is 0 Å². The van der Waals surface area contributed by atoms with Crippen LogP contribution in [0.1, 0.15) is 56.4 Å². The average molecular weight is 342 g/mol. The van der Waals surface area contributed by atoms with Crippen LogP contribution in [-0.4, -0.2) is 21.5 Å². The highest BCUT2D eigenvalue weighted by atomic mass is 19.1. The first-order valence-electron chi connectivity index (χ1n) is 8.42. The van der Waals surface area contributed by atoms with Gasteiger partial charge in [0.05, 0.1) is 17.4 Å². The first-order chi connectivity index (χ1) is 11.6. The Bertz CT molecular complexity index is 981. The summed E-state index contributed by atoms with van der Waals surface area (Å²) in [7, 11) is 0. The fraction of sp³-hybridized carbons (Fsp3) is 0.400. The zero-order chi connectivity index (χ0) is 18.5. The SMILES string of the molecule is Cc1c(C(=O)OC(C)C)c2cc(F)ccc2c2nc(C(C)(C)C)cn12. The zero-order valence-electron chi connectivity index (χ0n) is 15.5. The molecule has 132 valence electrons. The van der Waals surface area contributed by atoms with Crippen LogP contribution in [0.2, 0.25) is 0 Å². The van der Waals surface area contributed by atoms with Crippen molar-refractivity contribution in [1.82, 2.24) is 9.38 Å². The molecule has 0 amide bonds. The maximum absolute atomic E-state index is 13.9. The Balaban J connectivity index is 2.42. The number of benzene rings is 1. The third-order valence-electron chi connectivity index (χ3n) is 4.24. The number of aromatic nitrogens is 2. The quantitative estimate of drug-likeness (QED) is 0.629. The number of hydrogen-bond acceptors (Lipinski definition) is 3. The Morgan fingerprint density at radius 1 is 1.24 bits per heavy atom. The van der Waals surface area contributed by atoms with E-state index >= 15 is 0 Å². The van der Waals surface area contributed by atoms with Gasteiger partial charge in [0, 0.05) is 28.1 Å². The number of esters is 1. The summed E-state index contributed by atoms with van der Waals surface area (Å²) in [5.41, 5.74) is 2.58. The normalized spacial score (nSPS) is 12.3. The zero-order valence-corrected chi connectivity index (χ0v) is 15.5. The molecule has 0 unspecified atom stereocenters. The molecule has 4 nitrogen and oxygen atoms in total. The summed E-state index contributed by atoms with van der Waals surface area (Å²) < 4.78 is 21.2. The summed E-state index contributed by atoms with van der Waals surface area (Å²) in [6, 6.07) is 4.44. The van der Waals surface area contributed by atoms with E-state index in [0.29, 0.717) is 16.6 Å². The van der Waals surface area contributed by atoms with Crippen LogP contribution in [0, 0.1) is 12.7 Å². The summed E-state index contributed by atoms with van der Waals surface area (Å²) in [5, 5.41) is 1.26. The highest BCUT2D eigenvalue weighted by Crippen LogP contribution is 2.31. The summed E-state index contributed by atoms with van der Waals surface area (Å²) in [5.74, 6) is -0.839. The largest absolute Gasteiger partial charge is 0.459 e. The van der Waals surface area contributed by atoms with Crippen LogP contribution in [0.15, 0.2) is 24.4 Å². The highest BCUT2D eigenvalue weighted by Gasteiger charge is 2.24. The molecule has 25 heavy (non-hydrogen) atoms. The maximum Gasteiger partial charge on any atom is 0.340 e. The number of rotatable bonds is 2. The molecule has 0 atom stereocenters. The van der Waals surface area contributed by atoms with Gasteiger partial charge in [0.15, 0.2) is 0 Å². The van der Waals surface area contributed by atoms with E-state index in [9.17, 15) is 9.18 Å². The Labute approximate surface area is 146 Å². The topological polar surface area (TPSA) is 43.6 Å². The molecule has 5 heteroatoms. The fourth-order valence-electron chi connectivity index (χ4n) is 2.95. The third-order valence-corrected chi connectivity index (χ3v) is 4.24. The van der Waals surface area contributed by atoms with Crippen LogP contribution >= 0.6 is 0 Å². The van der Waals surface area contributed by atoms with E-state index in [2.05, 4.69) is 20.8 Å². The second kappa shape index (κ2) is 5.83. The number of halogens is 1. The van der Waals surface area contributed by atoms with Gasteiger partial charge >= 0.3 is 5.97 Å². The minimum atomic E-state index is -0.448. The maximum atomic E-state index is 13.9. The highest BCUT2D eigenvalue weighted by molar-refractivity contribution is 6.09. The molecule has 0 N–H and O–H groups in total. The summed E-state index contributed by atoms with van der Waals surface area (Å²) >= 11 is 0. The number of aryl methyl sites for hydroxylation is 1. The van der Waals surface area contributed by atoms with E-state index in [1.807, 2.05) is 17.5 Å². The number of carbonyl (C=O) groups excluding carboxylic acids is 1. The van der Waals surface area contributed by atoms with Crippen LogP contribution in [0.4, 0.5) is 4.39 Å². The molecular formula is C20H23FN2O2. The number of hydrogen-bond donors (Lipinski definition) is 0. The molecule has 0 spiro atoms. The first-order valence-corrected chi connectivity index (χ1v) is 8.42. The monoisotopic (exact) mass is 342 g/mol. The Morgan fingerprint density at radius 2 is 1.92 bits per heavy atom. The standard InChI is InChI=1S/C20H23FN2O2/c1-11(2)25-19(24)17-12(3)23-10-16(20(4,5)6)22-18(23)14-8-7-13(21)9-15(14)17/h7-11H,1-6H3. The molecule has 2 aromatic heterocycles. The molecule has 1 aromatic carbocycles. The van der Waals surface area contributed by atoms with E-state index in [1.165, 1.54) is 12.1 Å². The van der Waals surface area contributed by atoms with Crippen LogP contribution in [-0.2, 0) is 10.2 Å². The summed E-state index contributed by atoms with van der Waals surface area (Å²) in [6.45, 7) is 11.7. The fourth-order valence-corrected chi connectivity index (χ4v) is 2.95. The van der Waals surface area contributed by atoms with Crippen molar-refractivity contribution >= 4 is 22.4 Å². The smallest absolute Gasteiger partial charge is 0.340 e. The molecule has 3 rings (SSSR count). The molecule has 0 radical (unpaired) electrons. The minimum absolute atomic E-state index is 0.135. The van der Waals surface area contributed by atoms with Gasteiger partial charge in [0.2, 0.25) is 0 Å². The van der Waals surface area contributed by atoms with E-state index in [1.54, 1.807) is 19.9 Å². The van der Waals surface area contributed by atoms with Crippen molar-refractivity contribution < 1.29 is 13.9 Å². The van der Waals surface area contributed by atoms with Gasteiger partial charge in [-0.05, 0) is 39.0 Å². The van der Waals surface area contributed by atoms with Crippen molar-refractivity contribution in [2.24, 2.45) is 0 Å². The van der Waals surface area contributed by atoms with E-state index < -0.39 is 11.8 Å².